The molecule has 0 radical (unpaired) electrons. The van der Waals surface area contributed by atoms with E-state index in [1.165, 1.54) is 0 Å². The maximum Gasteiger partial charge on any atom is 0.410 e. The summed E-state index contributed by atoms with van der Waals surface area (Å²) in [5.41, 5.74) is 5.89. The zero-order chi connectivity index (χ0) is 43.9. The van der Waals surface area contributed by atoms with E-state index in [1.807, 2.05) is 71.9 Å². The third kappa shape index (κ3) is 23.7. The third-order valence-corrected chi connectivity index (χ3v) is 12.8. The van der Waals surface area contributed by atoms with E-state index in [0.29, 0.717) is 52.2 Å². The van der Waals surface area contributed by atoms with Crippen LogP contribution in [0.1, 0.15) is 80.2 Å². The fourth-order valence-corrected chi connectivity index (χ4v) is 7.51. The topological polar surface area (TPSA) is 176 Å². The normalized spacial score (nSPS) is 19.8. The number of alkyl carbamates (subject to hydrolysis) is 1. The van der Waals surface area contributed by atoms with Gasteiger partial charge >= 0.3 is 30.2 Å². The Morgan fingerprint density at radius 2 is 1.14 bits per heavy atom. The van der Waals surface area contributed by atoms with Gasteiger partial charge in [0.1, 0.15) is 17.8 Å². The number of likely N-dealkylation sites (tertiary alicyclic amines) is 2. The summed E-state index contributed by atoms with van der Waals surface area (Å²) < 4.78 is 27.1. The monoisotopic (exact) mass is 867 g/mol. The molecule has 0 bridgehead atoms. The van der Waals surface area contributed by atoms with Crippen molar-refractivity contribution in [2.75, 3.05) is 39.4 Å². The molecule has 1 aromatic carbocycles. The van der Waals surface area contributed by atoms with Gasteiger partial charge in [-0.1, -0.05) is 77.0 Å². The first-order chi connectivity index (χ1) is 26.7. The van der Waals surface area contributed by atoms with Gasteiger partial charge in [-0.05, 0) is 72.0 Å². The second kappa shape index (κ2) is 24.0. The summed E-state index contributed by atoms with van der Waals surface area (Å²) >= 11 is 0. The van der Waals surface area contributed by atoms with Crippen molar-refractivity contribution >= 4 is 46.4 Å². The Balaban J connectivity index is 0.000000615. The van der Waals surface area contributed by atoms with Gasteiger partial charge < -0.3 is 44.5 Å². The molecule has 3 amide bonds. The highest BCUT2D eigenvalue weighted by Crippen LogP contribution is 2.25. The van der Waals surface area contributed by atoms with Crippen molar-refractivity contribution in [2.24, 2.45) is 17.6 Å². The Labute approximate surface area is 356 Å². The highest BCUT2D eigenvalue weighted by Gasteiger charge is 2.37. The third-order valence-electron chi connectivity index (χ3n) is 9.43. The van der Waals surface area contributed by atoms with E-state index >= 15 is 0 Å². The molecule has 59 heavy (non-hydrogen) atoms. The van der Waals surface area contributed by atoms with Crippen LogP contribution in [-0.4, -0.2) is 119 Å². The fourth-order valence-electron chi connectivity index (χ4n) is 6.08. The quantitative estimate of drug-likeness (QED) is 0.111. The van der Waals surface area contributed by atoms with Gasteiger partial charge in [-0.3, -0.25) is 9.59 Å². The van der Waals surface area contributed by atoms with Crippen LogP contribution in [0.15, 0.2) is 30.3 Å². The van der Waals surface area contributed by atoms with Gasteiger partial charge in [-0.2, -0.15) is 0 Å². The number of nitrogens with one attached hydrogen (secondary N) is 1. The molecule has 2 fully saturated rings. The zero-order valence-electron chi connectivity index (χ0n) is 37.4. The minimum absolute atomic E-state index is 0. The Hall–Kier alpha value is -3.64. The number of rotatable bonds is 13. The molecule has 0 aliphatic carbocycles. The van der Waals surface area contributed by atoms with Crippen LogP contribution >= 0.6 is 0 Å². The largest absolute Gasteiger partial charge is 0.466 e. The molecule has 2 heterocycles. The number of hydrogen-bond acceptors (Lipinski definition) is 11. The maximum absolute atomic E-state index is 12.6. The standard InChI is InChI=1S/C25H40N2O6Si.C17H34N2O4Si.CH4/c1-25(2,3)33-24(30)27-13-12-21(26-23(29)32-18-19-10-8-7-9-11-19)20(17-27)16-22(28)31-14-15-34(4,5)6;1-17(2,3)23-16(21)19-8-7-14(18)13(12-19)11-15(20)22-9-10-24(4,5)6;/h7-11,20-21H,12-18H2,1-6H3,(H,26,29);13-14H,7-12,18H2,1-6H3;1H4/t20-,21+;13-,14+;/m00./s1. The molecule has 2 aliphatic heterocycles. The SMILES string of the molecule is C.CC(C)(C)OC(=O)N1CC[C@@H](N)[C@@H](CC(=O)OCC[Si](C)(C)C)C1.CC(C)(C)OC(=O)N1CC[C@@H](NC(=O)OCc2ccccc2)[C@@H](CC(=O)OCC[Si](C)(C)C)C1. The van der Waals surface area contributed by atoms with Gasteiger partial charge in [0.25, 0.3) is 0 Å². The Morgan fingerprint density at radius 3 is 1.59 bits per heavy atom. The van der Waals surface area contributed by atoms with Gasteiger partial charge in [-0.15, -0.1) is 0 Å². The summed E-state index contributed by atoms with van der Waals surface area (Å²) in [4.78, 5) is 65.1. The van der Waals surface area contributed by atoms with Crippen molar-refractivity contribution in [1.29, 1.82) is 0 Å². The molecule has 2 aliphatic rings. The van der Waals surface area contributed by atoms with Crippen molar-refractivity contribution in [2.45, 2.75) is 156 Å². The lowest BCUT2D eigenvalue weighted by Gasteiger charge is -2.38. The molecular weight excluding hydrogens is 789 g/mol. The van der Waals surface area contributed by atoms with Crippen LogP contribution in [0.3, 0.4) is 0 Å². The first kappa shape index (κ1) is 53.4. The molecule has 338 valence electrons. The molecule has 3 N–H and O–H groups in total. The molecule has 2 saturated heterocycles. The van der Waals surface area contributed by atoms with Crippen molar-refractivity contribution < 1.29 is 47.7 Å². The number of amides is 3. The highest BCUT2D eigenvalue weighted by atomic mass is 28.3. The molecule has 16 heteroatoms. The van der Waals surface area contributed by atoms with Gasteiger partial charge in [-0.25, -0.2) is 14.4 Å². The molecule has 0 spiro atoms. The molecule has 14 nitrogen and oxygen atoms in total. The van der Waals surface area contributed by atoms with Gasteiger partial charge in [0, 0.05) is 66.2 Å². The van der Waals surface area contributed by atoms with Gasteiger partial charge in [0.15, 0.2) is 0 Å². The molecular formula is C43H78N4O10Si2. The molecule has 1 aromatic rings. The number of nitrogens with zero attached hydrogens (tertiary/aromatic N) is 2. The lowest BCUT2D eigenvalue weighted by molar-refractivity contribution is -0.145. The zero-order valence-corrected chi connectivity index (χ0v) is 39.4. The van der Waals surface area contributed by atoms with E-state index in [4.69, 9.17) is 29.4 Å². The summed E-state index contributed by atoms with van der Waals surface area (Å²) in [6, 6.07) is 10.9. The van der Waals surface area contributed by atoms with Crippen LogP contribution in [0.2, 0.25) is 51.4 Å². The van der Waals surface area contributed by atoms with Crippen molar-refractivity contribution in [3.63, 3.8) is 0 Å². The number of esters is 2. The Bertz CT molecular complexity index is 1470. The van der Waals surface area contributed by atoms with Crippen LogP contribution in [-0.2, 0) is 39.9 Å². The number of carbonyl (C=O) groups is 5. The van der Waals surface area contributed by atoms with Crippen LogP contribution in [0.4, 0.5) is 14.4 Å². The lowest BCUT2D eigenvalue weighted by atomic mass is 9.89. The second-order valence-corrected chi connectivity index (χ2v) is 31.1. The number of carbonyl (C=O) groups excluding carboxylic acids is 5. The summed E-state index contributed by atoms with van der Waals surface area (Å²) in [5.74, 6) is -0.922. The van der Waals surface area contributed by atoms with E-state index < -0.39 is 39.5 Å². The maximum atomic E-state index is 12.6. The highest BCUT2D eigenvalue weighted by molar-refractivity contribution is 6.76. The Kier molecular flexibility index (Phi) is 21.7. The van der Waals surface area contributed by atoms with E-state index in [9.17, 15) is 24.0 Å². The molecule has 4 atom stereocenters. The van der Waals surface area contributed by atoms with Crippen LogP contribution in [0, 0.1) is 11.8 Å². The summed E-state index contributed by atoms with van der Waals surface area (Å²) in [6.07, 6.45) is 0.220. The lowest BCUT2D eigenvalue weighted by Crippen LogP contribution is -2.53. The fraction of sp³-hybridized carbons (Fsp3) is 0.744. The predicted molar refractivity (Wildman–Crippen MR) is 238 cm³/mol. The van der Waals surface area contributed by atoms with E-state index in [2.05, 4.69) is 44.6 Å². The molecule has 0 unspecified atom stereocenters. The second-order valence-electron chi connectivity index (χ2n) is 19.9. The van der Waals surface area contributed by atoms with Crippen LogP contribution in [0.5, 0.6) is 0 Å². The number of benzene rings is 1. The van der Waals surface area contributed by atoms with Gasteiger partial charge in [0.2, 0.25) is 0 Å². The molecule has 0 aromatic heterocycles. The average molecular weight is 867 g/mol. The number of piperidine rings is 2. The number of ether oxygens (including phenoxy) is 5. The average Bonchev–Trinajstić information content (AvgIpc) is 3.07. The first-order valence-corrected chi connectivity index (χ1v) is 28.1. The minimum Gasteiger partial charge on any atom is -0.466 e. The summed E-state index contributed by atoms with van der Waals surface area (Å²) in [5, 5.41) is 2.89. The van der Waals surface area contributed by atoms with Crippen LogP contribution < -0.4 is 11.1 Å². The molecule has 0 saturated carbocycles. The molecule has 3 rings (SSSR count). The van der Waals surface area contributed by atoms with Crippen LogP contribution in [0.25, 0.3) is 0 Å². The van der Waals surface area contributed by atoms with Gasteiger partial charge in [0.05, 0.1) is 26.1 Å². The Morgan fingerprint density at radius 1 is 0.695 bits per heavy atom. The predicted octanol–water partition coefficient (Wildman–Crippen LogP) is 8.29. The van der Waals surface area contributed by atoms with E-state index in [1.54, 1.807) is 9.80 Å². The van der Waals surface area contributed by atoms with E-state index in [0.717, 1.165) is 17.7 Å². The number of nitrogens with two attached hydrogens (primary N) is 1. The summed E-state index contributed by atoms with van der Waals surface area (Å²) in [6.45, 7) is 27.1. The van der Waals surface area contributed by atoms with Crippen molar-refractivity contribution in [1.82, 2.24) is 15.1 Å². The van der Waals surface area contributed by atoms with Crippen molar-refractivity contribution in [3.05, 3.63) is 35.9 Å². The minimum atomic E-state index is -1.32. The summed E-state index contributed by atoms with van der Waals surface area (Å²) in [7, 11) is -2.53. The van der Waals surface area contributed by atoms with Crippen molar-refractivity contribution in [3.8, 4) is 0 Å². The first-order valence-electron chi connectivity index (χ1n) is 20.7. The smallest absolute Gasteiger partial charge is 0.410 e. The van der Waals surface area contributed by atoms with E-state index in [-0.39, 0.29) is 68.8 Å². The number of hydrogen-bond donors (Lipinski definition) is 2.